The highest BCUT2D eigenvalue weighted by Gasteiger charge is 2.35. The third-order valence-electron chi connectivity index (χ3n) is 4.74. The fourth-order valence-corrected chi connectivity index (χ4v) is 4.53. The number of nitrogens with one attached hydrogen (secondary N) is 2. The number of benzene rings is 1. The van der Waals surface area contributed by atoms with E-state index in [1.165, 1.54) is 16.1 Å². The van der Waals surface area contributed by atoms with Crippen LogP contribution in [0.4, 0.5) is 10.5 Å². The zero-order valence-electron chi connectivity index (χ0n) is 14.6. The minimum atomic E-state index is -0.105. The first-order valence-corrected chi connectivity index (χ1v) is 9.75. The minimum Gasteiger partial charge on any atom is -0.317 e. The number of hydrogen-bond acceptors (Lipinski definition) is 2. The number of anilines is 1. The largest absolute Gasteiger partial charge is 0.322 e. The number of fused-ring (bicyclic) bond motifs is 1. The Hall–Kier alpha value is -2.31. The number of halogens is 1. The molecule has 1 aliphatic heterocycles. The van der Waals surface area contributed by atoms with Crippen molar-refractivity contribution in [1.82, 2.24) is 10.00 Å². The van der Waals surface area contributed by atoms with Gasteiger partial charge in [0.15, 0.2) is 7.05 Å². The van der Waals surface area contributed by atoms with Gasteiger partial charge in [-0.3, -0.25) is 0 Å². The molecule has 2 aromatic heterocycles. The summed E-state index contributed by atoms with van der Waals surface area (Å²) in [6.45, 7) is 2.65. The molecule has 0 saturated heterocycles. The Morgan fingerprint density at radius 1 is 1.38 bits per heavy atom. The second-order valence-electron chi connectivity index (χ2n) is 6.58. The molecule has 1 aromatic carbocycles. The quantitative estimate of drug-likeness (QED) is 0.636. The second-order valence-corrected chi connectivity index (χ2v) is 7.96. The highest BCUT2D eigenvalue weighted by Crippen LogP contribution is 2.32. The van der Waals surface area contributed by atoms with Gasteiger partial charge in [0.05, 0.1) is 17.8 Å². The maximum Gasteiger partial charge on any atom is 0.322 e. The molecular formula is C19H20ClN4OS+. The van der Waals surface area contributed by atoms with E-state index in [1.807, 2.05) is 24.1 Å². The summed E-state index contributed by atoms with van der Waals surface area (Å²) in [6, 6.07) is 11.4. The van der Waals surface area contributed by atoms with Crippen LogP contribution in [0.25, 0.3) is 10.6 Å². The van der Waals surface area contributed by atoms with E-state index in [4.69, 9.17) is 11.6 Å². The number of amides is 2. The van der Waals surface area contributed by atoms with Gasteiger partial charge >= 0.3 is 6.03 Å². The molecule has 2 amide bonds. The molecule has 0 spiro atoms. The molecule has 2 N–H and O–H groups in total. The predicted octanol–water partition coefficient (Wildman–Crippen LogP) is 4.20. The maximum absolute atomic E-state index is 12.9. The number of H-pyrrole nitrogens is 1. The Labute approximate surface area is 161 Å². The third kappa shape index (κ3) is 3.10. The number of hydrogen-bond donors (Lipinski definition) is 2. The van der Waals surface area contributed by atoms with Gasteiger partial charge in [-0.1, -0.05) is 23.7 Å². The van der Waals surface area contributed by atoms with Crippen molar-refractivity contribution in [2.24, 2.45) is 7.05 Å². The van der Waals surface area contributed by atoms with E-state index in [1.54, 1.807) is 23.5 Å². The molecule has 1 aliphatic rings. The summed E-state index contributed by atoms with van der Waals surface area (Å²) in [6.07, 6.45) is 0.803. The summed E-state index contributed by atoms with van der Waals surface area (Å²) in [5.41, 5.74) is 4.26. The minimum absolute atomic E-state index is 0.105. The Balaban J connectivity index is 1.62. The summed E-state index contributed by atoms with van der Waals surface area (Å²) in [5, 5.41) is 9.09. The Kier molecular flexibility index (Phi) is 4.46. The SMILES string of the molecule is CC1Cc2[nH][n+](C)c(-c3cccs3)c2CN1C(=O)Nc1cccc(Cl)c1. The lowest BCUT2D eigenvalue weighted by molar-refractivity contribution is -0.717. The van der Waals surface area contributed by atoms with E-state index >= 15 is 0 Å². The van der Waals surface area contributed by atoms with Crippen LogP contribution in [0.2, 0.25) is 5.02 Å². The van der Waals surface area contributed by atoms with E-state index in [2.05, 4.69) is 39.5 Å². The first kappa shape index (κ1) is 17.1. The molecule has 7 heteroatoms. The molecular weight excluding hydrogens is 368 g/mol. The molecule has 1 atom stereocenters. The van der Waals surface area contributed by atoms with Crippen LogP contribution in [-0.2, 0) is 20.0 Å². The number of carbonyl (C=O) groups excluding carboxylic acids is 1. The molecule has 0 radical (unpaired) electrons. The first-order chi connectivity index (χ1) is 12.5. The zero-order valence-corrected chi connectivity index (χ0v) is 16.2. The number of urea groups is 1. The lowest BCUT2D eigenvalue weighted by atomic mass is 9.99. The number of aromatic amines is 1. The standard InChI is InChI=1S/C19H19ClN4OS/c1-12-9-16-15(18(23(2)22-16)17-7-4-8-26-17)11-24(12)19(25)21-14-6-3-5-13(20)10-14/h3-8,10,12H,9,11H2,1-2H3,(H,21,25)/p+1. The van der Waals surface area contributed by atoms with E-state index in [9.17, 15) is 4.79 Å². The van der Waals surface area contributed by atoms with Gasteiger partial charge < -0.3 is 10.2 Å². The average molecular weight is 388 g/mol. The molecule has 0 saturated carbocycles. The first-order valence-electron chi connectivity index (χ1n) is 8.49. The van der Waals surface area contributed by atoms with Crippen LogP contribution >= 0.6 is 22.9 Å². The van der Waals surface area contributed by atoms with Crippen molar-refractivity contribution < 1.29 is 9.48 Å². The van der Waals surface area contributed by atoms with Crippen LogP contribution in [-0.4, -0.2) is 22.1 Å². The number of rotatable bonds is 2. The van der Waals surface area contributed by atoms with Crippen LogP contribution in [0, 0.1) is 0 Å². The summed E-state index contributed by atoms with van der Waals surface area (Å²) in [7, 11) is 2.02. The fraction of sp³-hybridized carbons (Fsp3) is 0.263. The molecule has 4 rings (SSSR count). The van der Waals surface area contributed by atoms with Gasteiger partial charge in [-0.15, -0.1) is 16.0 Å². The van der Waals surface area contributed by atoms with Gasteiger partial charge in [-0.2, -0.15) is 5.10 Å². The van der Waals surface area contributed by atoms with E-state index in [-0.39, 0.29) is 12.1 Å². The van der Waals surface area contributed by atoms with Crippen molar-refractivity contribution in [2.75, 3.05) is 5.32 Å². The molecule has 3 aromatic rings. The van der Waals surface area contributed by atoms with E-state index in [0.717, 1.165) is 12.1 Å². The number of nitrogens with zero attached hydrogens (tertiary/aromatic N) is 2. The van der Waals surface area contributed by atoms with Gasteiger partial charge in [-0.05, 0) is 36.6 Å². The van der Waals surface area contributed by atoms with Crippen LogP contribution in [0.1, 0.15) is 18.2 Å². The van der Waals surface area contributed by atoms with Crippen molar-refractivity contribution in [3.63, 3.8) is 0 Å². The van der Waals surface area contributed by atoms with Crippen molar-refractivity contribution in [3.05, 3.63) is 58.1 Å². The summed E-state index contributed by atoms with van der Waals surface area (Å²) in [4.78, 5) is 15.9. The van der Waals surface area contributed by atoms with Gasteiger partial charge in [0, 0.05) is 23.2 Å². The average Bonchev–Trinajstić information content (AvgIpc) is 3.20. The third-order valence-corrected chi connectivity index (χ3v) is 5.85. The molecule has 0 fully saturated rings. The van der Waals surface area contributed by atoms with Crippen molar-refractivity contribution in [2.45, 2.75) is 25.9 Å². The number of aryl methyl sites for hydroxylation is 1. The molecule has 1 unspecified atom stereocenters. The molecule has 26 heavy (non-hydrogen) atoms. The van der Waals surface area contributed by atoms with Crippen LogP contribution in [0.5, 0.6) is 0 Å². The lowest BCUT2D eigenvalue weighted by Gasteiger charge is -2.32. The van der Waals surface area contributed by atoms with E-state index in [0.29, 0.717) is 17.3 Å². The Morgan fingerprint density at radius 3 is 2.96 bits per heavy atom. The van der Waals surface area contributed by atoms with Gasteiger partial charge in [-0.25, -0.2) is 4.79 Å². The summed E-state index contributed by atoms with van der Waals surface area (Å²) >= 11 is 7.73. The number of aromatic nitrogens is 2. The molecule has 5 nitrogen and oxygen atoms in total. The maximum atomic E-state index is 12.9. The number of thiophene rings is 1. The second kappa shape index (κ2) is 6.78. The van der Waals surface area contributed by atoms with Gasteiger partial charge in [0.1, 0.15) is 4.88 Å². The van der Waals surface area contributed by atoms with Crippen LogP contribution in [0.15, 0.2) is 41.8 Å². The zero-order chi connectivity index (χ0) is 18.3. The van der Waals surface area contributed by atoms with Crippen LogP contribution in [0.3, 0.4) is 0 Å². The topological polar surface area (TPSA) is 52.0 Å². The molecule has 0 aliphatic carbocycles. The van der Waals surface area contributed by atoms with Crippen molar-refractivity contribution in [3.8, 4) is 10.6 Å². The Morgan fingerprint density at radius 2 is 2.23 bits per heavy atom. The van der Waals surface area contributed by atoms with Gasteiger partial charge in [0.2, 0.25) is 0 Å². The van der Waals surface area contributed by atoms with Crippen LogP contribution < -0.4 is 10.00 Å². The predicted molar refractivity (Wildman–Crippen MR) is 104 cm³/mol. The number of carbonyl (C=O) groups is 1. The lowest BCUT2D eigenvalue weighted by Crippen LogP contribution is -2.44. The van der Waals surface area contributed by atoms with Crippen molar-refractivity contribution in [1.29, 1.82) is 0 Å². The summed E-state index contributed by atoms with van der Waals surface area (Å²) in [5.74, 6) is 0. The van der Waals surface area contributed by atoms with Gasteiger partial charge in [0.25, 0.3) is 5.69 Å². The Bertz CT molecular complexity index is 951. The monoisotopic (exact) mass is 387 g/mol. The van der Waals surface area contributed by atoms with E-state index < -0.39 is 0 Å². The molecule has 134 valence electrons. The fourth-order valence-electron chi connectivity index (χ4n) is 3.50. The molecule has 3 heterocycles. The highest BCUT2D eigenvalue weighted by molar-refractivity contribution is 7.13. The van der Waals surface area contributed by atoms with Crippen molar-refractivity contribution >= 4 is 34.7 Å². The molecule has 0 bridgehead atoms. The summed E-state index contributed by atoms with van der Waals surface area (Å²) < 4.78 is 2.06. The smallest absolute Gasteiger partial charge is 0.317 e. The normalized spacial score (nSPS) is 16.4. The highest BCUT2D eigenvalue weighted by atomic mass is 35.5.